The zero-order chi connectivity index (χ0) is 15.0. The predicted octanol–water partition coefficient (Wildman–Crippen LogP) is 1.69. The molecule has 6 nitrogen and oxygen atoms in total. The van der Waals surface area contributed by atoms with E-state index in [2.05, 4.69) is 5.16 Å². The van der Waals surface area contributed by atoms with Crippen molar-refractivity contribution in [3.8, 4) is 0 Å². The Bertz CT molecular complexity index is 726. The van der Waals surface area contributed by atoms with Crippen LogP contribution in [0, 0.1) is 5.82 Å². The number of methoxy groups -OCH3 is 1. The number of anilines is 1. The van der Waals surface area contributed by atoms with Gasteiger partial charge in [0.1, 0.15) is 18.1 Å². The highest BCUT2D eigenvalue weighted by molar-refractivity contribution is 6.52. The highest BCUT2D eigenvalue weighted by Gasteiger charge is 2.36. The topological polar surface area (TPSA) is 72.6 Å². The maximum atomic E-state index is 13.3. The van der Waals surface area contributed by atoms with Gasteiger partial charge in [0.15, 0.2) is 5.76 Å². The van der Waals surface area contributed by atoms with Gasteiger partial charge in [0.25, 0.3) is 11.7 Å². The van der Waals surface area contributed by atoms with Crippen LogP contribution in [0.15, 0.2) is 28.8 Å². The van der Waals surface area contributed by atoms with E-state index in [-0.39, 0.29) is 24.4 Å². The summed E-state index contributed by atoms with van der Waals surface area (Å²) in [6, 6.07) is 5.25. The van der Waals surface area contributed by atoms with Crippen LogP contribution in [-0.4, -0.2) is 24.0 Å². The van der Waals surface area contributed by atoms with Crippen LogP contribution in [0.3, 0.4) is 0 Å². The van der Waals surface area contributed by atoms with E-state index in [1.807, 2.05) is 0 Å². The maximum Gasteiger partial charge on any atom is 0.299 e. The zero-order valence-corrected chi connectivity index (χ0v) is 11.1. The van der Waals surface area contributed by atoms with Crippen LogP contribution in [0.5, 0.6) is 0 Å². The highest BCUT2D eigenvalue weighted by atomic mass is 19.1. The van der Waals surface area contributed by atoms with Gasteiger partial charge in [-0.25, -0.2) is 4.39 Å². The largest absolute Gasteiger partial charge is 0.377 e. The van der Waals surface area contributed by atoms with E-state index in [0.717, 1.165) is 12.1 Å². The first-order valence-electron chi connectivity index (χ1n) is 6.19. The van der Waals surface area contributed by atoms with Crippen LogP contribution in [0.1, 0.15) is 21.8 Å². The number of amides is 1. The van der Waals surface area contributed by atoms with Crippen molar-refractivity contribution >= 4 is 17.4 Å². The fourth-order valence-electron chi connectivity index (χ4n) is 2.23. The Morgan fingerprint density at radius 1 is 1.33 bits per heavy atom. The van der Waals surface area contributed by atoms with Crippen molar-refractivity contribution < 1.29 is 23.2 Å². The van der Waals surface area contributed by atoms with Crippen LogP contribution in [0.2, 0.25) is 0 Å². The molecule has 0 fully saturated rings. The molecule has 1 aromatic carbocycles. The molecule has 1 aliphatic heterocycles. The number of fused-ring (bicyclic) bond motifs is 1. The van der Waals surface area contributed by atoms with Crippen molar-refractivity contribution in [1.82, 2.24) is 5.16 Å². The molecule has 0 atom stereocenters. The molecular weight excluding hydrogens is 279 g/mol. The smallest absolute Gasteiger partial charge is 0.299 e. The number of ketones is 1. The highest BCUT2D eigenvalue weighted by Crippen LogP contribution is 2.30. The Balaban J connectivity index is 1.90. The lowest BCUT2D eigenvalue weighted by Gasteiger charge is -2.14. The summed E-state index contributed by atoms with van der Waals surface area (Å²) in [5.74, 6) is -1.36. The van der Waals surface area contributed by atoms with E-state index in [9.17, 15) is 14.0 Å². The first kappa shape index (κ1) is 13.4. The molecule has 0 aliphatic carbocycles. The first-order valence-corrected chi connectivity index (χ1v) is 6.19. The summed E-state index contributed by atoms with van der Waals surface area (Å²) in [6.45, 7) is 0.291. The standard InChI is InChI=1S/C14H11FN2O4/c1-20-7-10-5-9(16-21-10)6-17-12-4-8(15)2-3-11(12)13(18)14(17)19/h2-5H,6-7H2,1H3. The molecule has 0 saturated heterocycles. The minimum Gasteiger partial charge on any atom is -0.377 e. The summed E-state index contributed by atoms with van der Waals surface area (Å²) >= 11 is 0. The normalized spacial score (nSPS) is 13.9. The molecule has 2 aromatic rings. The molecule has 0 unspecified atom stereocenters. The molecule has 1 aliphatic rings. The Morgan fingerprint density at radius 3 is 2.90 bits per heavy atom. The molecule has 3 rings (SSSR count). The number of Topliss-reactive ketones (excluding diaryl/α,β-unsaturated/α-hetero) is 1. The number of nitrogens with zero attached hydrogens (tertiary/aromatic N) is 2. The molecule has 0 bridgehead atoms. The fraction of sp³-hybridized carbons (Fsp3) is 0.214. The number of hydrogen-bond donors (Lipinski definition) is 0. The third-order valence-electron chi connectivity index (χ3n) is 3.15. The summed E-state index contributed by atoms with van der Waals surface area (Å²) < 4.78 is 23.3. The van der Waals surface area contributed by atoms with Gasteiger partial charge in [0, 0.05) is 13.2 Å². The van der Waals surface area contributed by atoms with E-state index in [1.54, 1.807) is 6.07 Å². The molecule has 0 radical (unpaired) electrons. The van der Waals surface area contributed by atoms with Crippen LogP contribution in [-0.2, 0) is 22.7 Å². The second kappa shape index (κ2) is 5.10. The molecule has 0 saturated carbocycles. The van der Waals surface area contributed by atoms with Gasteiger partial charge in [-0.1, -0.05) is 5.16 Å². The number of rotatable bonds is 4. The van der Waals surface area contributed by atoms with Crippen molar-refractivity contribution in [2.45, 2.75) is 13.2 Å². The van der Waals surface area contributed by atoms with Crippen molar-refractivity contribution in [2.75, 3.05) is 12.0 Å². The Labute approximate surface area is 119 Å². The lowest BCUT2D eigenvalue weighted by molar-refractivity contribution is -0.114. The van der Waals surface area contributed by atoms with E-state index in [4.69, 9.17) is 9.26 Å². The van der Waals surface area contributed by atoms with Crippen LogP contribution in [0.4, 0.5) is 10.1 Å². The van der Waals surface area contributed by atoms with Crippen LogP contribution in [0.25, 0.3) is 0 Å². The molecule has 108 valence electrons. The summed E-state index contributed by atoms with van der Waals surface area (Å²) in [6.07, 6.45) is 0. The quantitative estimate of drug-likeness (QED) is 0.801. The number of hydrogen-bond acceptors (Lipinski definition) is 5. The monoisotopic (exact) mass is 290 g/mol. The average Bonchev–Trinajstić information content (AvgIpc) is 2.99. The lowest BCUT2D eigenvalue weighted by atomic mass is 10.1. The molecule has 2 heterocycles. The average molecular weight is 290 g/mol. The third-order valence-corrected chi connectivity index (χ3v) is 3.15. The predicted molar refractivity (Wildman–Crippen MR) is 69.1 cm³/mol. The van der Waals surface area contributed by atoms with Gasteiger partial charge in [0.2, 0.25) is 0 Å². The number of benzene rings is 1. The van der Waals surface area contributed by atoms with Crippen LogP contribution >= 0.6 is 0 Å². The van der Waals surface area contributed by atoms with Gasteiger partial charge in [-0.2, -0.15) is 0 Å². The van der Waals surface area contributed by atoms with E-state index >= 15 is 0 Å². The van der Waals surface area contributed by atoms with Gasteiger partial charge < -0.3 is 9.26 Å². The Kier molecular flexibility index (Phi) is 3.26. The molecule has 21 heavy (non-hydrogen) atoms. The Morgan fingerprint density at radius 2 is 2.14 bits per heavy atom. The lowest BCUT2D eigenvalue weighted by Crippen LogP contribution is -2.29. The molecule has 0 N–H and O–H groups in total. The van der Waals surface area contributed by atoms with Gasteiger partial charge in [0.05, 0.1) is 17.8 Å². The SMILES string of the molecule is COCc1cc(CN2C(=O)C(=O)c3ccc(F)cc32)no1. The minimum atomic E-state index is -0.702. The van der Waals surface area contributed by atoms with E-state index in [0.29, 0.717) is 11.5 Å². The fourth-order valence-corrected chi connectivity index (χ4v) is 2.23. The Hall–Kier alpha value is -2.54. The zero-order valence-electron chi connectivity index (χ0n) is 11.1. The van der Waals surface area contributed by atoms with Crippen molar-refractivity contribution in [2.24, 2.45) is 0 Å². The summed E-state index contributed by atoms with van der Waals surface area (Å²) in [4.78, 5) is 25.0. The molecule has 7 heteroatoms. The number of aromatic nitrogens is 1. The molecule has 0 spiro atoms. The maximum absolute atomic E-state index is 13.3. The van der Waals surface area contributed by atoms with Gasteiger partial charge in [-0.05, 0) is 18.2 Å². The van der Waals surface area contributed by atoms with Gasteiger partial charge in [-0.15, -0.1) is 0 Å². The summed E-state index contributed by atoms with van der Waals surface area (Å²) in [7, 11) is 1.52. The molecule has 1 amide bonds. The number of carbonyl (C=O) groups is 2. The third kappa shape index (κ3) is 2.31. The minimum absolute atomic E-state index is 0.0360. The van der Waals surface area contributed by atoms with E-state index < -0.39 is 17.5 Å². The van der Waals surface area contributed by atoms with Crippen molar-refractivity contribution in [1.29, 1.82) is 0 Å². The first-order chi connectivity index (χ1) is 10.1. The van der Waals surface area contributed by atoms with Gasteiger partial charge >= 0.3 is 0 Å². The summed E-state index contributed by atoms with van der Waals surface area (Å²) in [5.41, 5.74) is 0.906. The van der Waals surface area contributed by atoms with Gasteiger partial charge in [-0.3, -0.25) is 14.5 Å². The summed E-state index contributed by atoms with van der Waals surface area (Å²) in [5, 5.41) is 3.80. The number of carbonyl (C=O) groups excluding carboxylic acids is 2. The van der Waals surface area contributed by atoms with Crippen molar-refractivity contribution in [3.63, 3.8) is 0 Å². The second-order valence-electron chi connectivity index (χ2n) is 4.60. The second-order valence-corrected chi connectivity index (χ2v) is 4.60. The van der Waals surface area contributed by atoms with E-state index in [1.165, 1.54) is 18.1 Å². The number of halogens is 1. The van der Waals surface area contributed by atoms with Crippen LogP contribution < -0.4 is 4.90 Å². The number of ether oxygens (including phenoxy) is 1. The molecule has 1 aromatic heterocycles. The van der Waals surface area contributed by atoms with Crippen molar-refractivity contribution in [3.05, 3.63) is 47.1 Å². The molecular formula is C14H11FN2O4.